The second kappa shape index (κ2) is 14.4. The molecule has 0 aromatic heterocycles. The molecule has 10 nitrogen and oxygen atoms in total. The number of ether oxygens (including phenoxy) is 3. The van der Waals surface area contributed by atoms with Gasteiger partial charge in [0, 0.05) is 36.7 Å². The van der Waals surface area contributed by atoms with Gasteiger partial charge in [-0.1, -0.05) is 32.1 Å². The molecule has 2 aliphatic carbocycles. The number of cyclic esters (lactones) is 1. The third-order valence-corrected chi connectivity index (χ3v) is 10.7. The first-order valence-electron chi connectivity index (χ1n) is 16.2. The summed E-state index contributed by atoms with van der Waals surface area (Å²) in [7, 11) is 1.53. The van der Waals surface area contributed by atoms with Crippen LogP contribution >= 0.6 is 0 Å². The van der Waals surface area contributed by atoms with Crippen LogP contribution in [0.2, 0.25) is 0 Å². The summed E-state index contributed by atoms with van der Waals surface area (Å²) < 4.78 is 50.2. The molecule has 4 bridgehead atoms. The summed E-state index contributed by atoms with van der Waals surface area (Å²) in [6, 6.07) is 0.173. The predicted octanol–water partition coefficient (Wildman–Crippen LogP) is -0.854. The number of carboxylic acids is 1. The van der Waals surface area contributed by atoms with Crippen molar-refractivity contribution in [1.82, 2.24) is 0 Å². The van der Waals surface area contributed by atoms with Crippen LogP contribution in [0.25, 0.3) is 0 Å². The number of alkyl halides is 3. The number of nitrogens with one attached hydrogen (secondary N) is 1. The minimum absolute atomic E-state index is 0.00175. The van der Waals surface area contributed by atoms with Gasteiger partial charge in [0.1, 0.15) is 42.9 Å². The van der Waals surface area contributed by atoms with E-state index >= 15 is 0 Å². The first kappa shape index (κ1) is 35.8. The Bertz CT molecular complexity index is 1110. The molecule has 5 N–H and O–H groups in total. The van der Waals surface area contributed by atoms with E-state index < -0.39 is 48.1 Å². The van der Waals surface area contributed by atoms with E-state index in [0.29, 0.717) is 6.42 Å². The lowest BCUT2D eigenvalue weighted by Gasteiger charge is -2.48. The second-order valence-corrected chi connectivity index (χ2v) is 13.6. The Balaban J connectivity index is 0.000000591. The van der Waals surface area contributed by atoms with Gasteiger partial charge in [-0.2, -0.15) is 13.2 Å². The molecule has 3 fully saturated rings. The summed E-state index contributed by atoms with van der Waals surface area (Å²) in [5.74, 6) is -3.67. The summed E-state index contributed by atoms with van der Waals surface area (Å²) in [5, 5.41) is 33.6. The van der Waals surface area contributed by atoms with Crippen molar-refractivity contribution >= 4 is 11.9 Å². The van der Waals surface area contributed by atoms with Crippen LogP contribution < -0.4 is 15.3 Å². The molecule has 1 spiro atoms. The second-order valence-electron chi connectivity index (χ2n) is 13.6. The van der Waals surface area contributed by atoms with Gasteiger partial charge in [0.15, 0.2) is 6.10 Å². The number of halogens is 3. The molecule has 256 valence electrons. The van der Waals surface area contributed by atoms with Crippen LogP contribution in [0, 0.1) is 29.6 Å². The van der Waals surface area contributed by atoms with Gasteiger partial charge in [-0.15, -0.1) is 0 Å². The van der Waals surface area contributed by atoms with Gasteiger partial charge in [-0.25, -0.2) is 4.79 Å². The van der Waals surface area contributed by atoms with Crippen LogP contribution in [0.5, 0.6) is 0 Å². The number of nitrogens with two attached hydrogens (primary N) is 1. The van der Waals surface area contributed by atoms with Gasteiger partial charge in [0.2, 0.25) is 0 Å². The largest absolute Gasteiger partial charge is 0.542 e. The monoisotopic (exact) mass is 647 g/mol. The van der Waals surface area contributed by atoms with Crippen molar-refractivity contribution < 1.29 is 62.5 Å². The lowest BCUT2D eigenvalue weighted by Crippen LogP contribution is -3.16. The topological polar surface area (TPSA) is 146 Å². The first-order valence-corrected chi connectivity index (χ1v) is 16.2. The van der Waals surface area contributed by atoms with E-state index in [4.69, 9.17) is 24.1 Å². The third kappa shape index (κ3) is 7.28. The van der Waals surface area contributed by atoms with Crippen molar-refractivity contribution in [2.24, 2.45) is 29.6 Å². The molecule has 0 aromatic rings. The predicted molar refractivity (Wildman–Crippen MR) is 153 cm³/mol. The number of methoxy groups -OCH3 is 1. The molecule has 0 aromatic carbocycles. The molecule has 2 saturated heterocycles. The van der Waals surface area contributed by atoms with E-state index in [9.17, 15) is 28.2 Å². The van der Waals surface area contributed by atoms with Crippen molar-refractivity contribution in [3.8, 4) is 0 Å². The zero-order valence-electron chi connectivity index (χ0n) is 26.8. The number of quaternary nitrogens is 2. The van der Waals surface area contributed by atoms with Crippen molar-refractivity contribution in [1.29, 1.82) is 0 Å². The number of rotatable bonds is 6. The molecule has 3 aliphatic heterocycles. The van der Waals surface area contributed by atoms with Crippen LogP contribution in [0.1, 0.15) is 53.4 Å². The molecule has 1 saturated carbocycles. The molecular formula is C32H50F3N2O8+. The highest BCUT2D eigenvalue weighted by Gasteiger charge is 2.69. The molecule has 45 heavy (non-hydrogen) atoms. The molecule has 0 amide bonds. The van der Waals surface area contributed by atoms with Gasteiger partial charge in [-0.3, -0.25) is 0 Å². The number of hydrogen-bond acceptors (Lipinski definition) is 8. The molecule has 0 radical (unpaired) electrons. The van der Waals surface area contributed by atoms with Gasteiger partial charge in [0.25, 0.3) is 0 Å². The number of esters is 1. The maximum atomic E-state index is 13.1. The van der Waals surface area contributed by atoms with Crippen LogP contribution in [-0.2, 0) is 23.8 Å². The van der Waals surface area contributed by atoms with Crippen molar-refractivity contribution in [3.63, 3.8) is 0 Å². The zero-order chi connectivity index (χ0) is 33.3. The van der Waals surface area contributed by atoms with Crippen LogP contribution in [-0.4, -0.2) is 104 Å². The number of carbonyl (C=O) groups excluding carboxylic acids is 2. The number of aliphatic carboxylic acids is 1. The molecule has 5 aliphatic rings. The molecule has 1 unspecified atom stereocenters. The molecule has 3 heterocycles. The first-order chi connectivity index (χ1) is 21.1. The van der Waals surface area contributed by atoms with Crippen molar-refractivity contribution in [2.75, 3.05) is 33.3 Å². The minimum atomic E-state index is -5.19. The Labute approximate surface area is 263 Å². The molecule has 12 atom stereocenters. The number of carboxylic acid groups (broad SMARTS) is 1. The lowest BCUT2D eigenvalue weighted by atomic mass is 9.57. The van der Waals surface area contributed by atoms with Gasteiger partial charge in [0.05, 0.1) is 25.3 Å². The van der Waals surface area contributed by atoms with Crippen molar-refractivity contribution in [3.05, 3.63) is 23.8 Å². The van der Waals surface area contributed by atoms with E-state index in [1.165, 1.54) is 39.5 Å². The fourth-order valence-corrected chi connectivity index (χ4v) is 8.54. The van der Waals surface area contributed by atoms with E-state index in [1.807, 2.05) is 6.92 Å². The summed E-state index contributed by atoms with van der Waals surface area (Å²) >= 11 is 0. The van der Waals surface area contributed by atoms with Gasteiger partial charge in [-0.05, 0) is 45.1 Å². The van der Waals surface area contributed by atoms with E-state index in [1.54, 1.807) is 11.8 Å². The summed E-state index contributed by atoms with van der Waals surface area (Å²) in [4.78, 5) is 23.6. The Hall–Kier alpha value is -2.03. The maximum Gasteiger partial charge on any atom is 0.430 e. The fourth-order valence-electron chi connectivity index (χ4n) is 8.54. The van der Waals surface area contributed by atoms with E-state index in [2.05, 4.69) is 37.4 Å². The Morgan fingerprint density at radius 1 is 1.24 bits per heavy atom. The van der Waals surface area contributed by atoms with Gasteiger partial charge < -0.3 is 44.5 Å². The number of aliphatic hydroxyl groups excluding tert-OH is 2. The highest BCUT2D eigenvalue weighted by Crippen LogP contribution is 2.60. The SMILES string of the molecule is CO[C@H]1C[C@H]2C=C[C@H]3[C@H]4O[C@]2(/C(C)=C/[C@@H](C)[C@@H]([C@@H](C)O)OC1=O)[C@@H]3[C@H](O)C(C)[C@@H]4[NH2+]CC[NH+]1CCCCC1.O=C([O-])C(F)(F)F. The quantitative estimate of drug-likeness (QED) is 0.216. The van der Waals surface area contributed by atoms with Crippen LogP contribution in [0.15, 0.2) is 23.8 Å². The molecule has 13 heteroatoms. The third-order valence-electron chi connectivity index (χ3n) is 10.7. The maximum absolute atomic E-state index is 13.1. The summed E-state index contributed by atoms with van der Waals surface area (Å²) in [6.45, 7) is 12.6. The van der Waals surface area contributed by atoms with Crippen LogP contribution in [0.3, 0.4) is 0 Å². The average Bonchev–Trinajstić information content (AvgIpc) is 3.17. The highest BCUT2D eigenvalue weighted by atomic mass is 19.4. The summed E-state index contributed by atoms with van der Waals surface area (Å²) in [5.41, 5.74) is 0.338. The number of carbonyl (C=O) groups is 2. The van der Waals surface area contributed by atoms with Crippen molar-refractivity contribution in [2.45, 2.75) is 102 Å². The minimum Gasteiger partial charge on any atom is -0.542 e. The lowest BCUT2D eigenvalue weighted by molar-refractivity contribution is -0.919. The zero-order valence-corrected chi connectivity index (χ0v) is 26.8. The average molecular weight is 648 g/mol. The number of aliphatic hydroxyl groups is 2. The standard InChI is InChI=1S/C30H48N2O6.C2HF3O2/c1-17-15-18(2)30-21(16-23(36-5)29(35)37-27(17)20(4)33)9-10-22-24(30)26(34)19(3)25(28(22)38-30)31-11-14-32-12-7-6-8-13-32;3-2(4,5)1(6)7/h9-10,15,17,19-28,31,33-34H,6-8,11-14,16H2,1-5H3;(H,6,7)/p+1/b18-15+;/t17-,19?,20-,21-,22-,23+,24+,25+,26-,27+,28-,30+;/m1./s1. The Morgan fingerprint density at radius 3 is 2.47 bits per heavy atom. The summed E-state index contributed by atoms with van der Waals surface area (Å²) in [6.07, 6.45) is 2.99. The smallest absolute Gasteiger partial charge is 0.430 e. The molecule has 5 rings (SSSR count). The fraction of sp³-hybridized carbons (Fsp3) is 0.812. The number of piperidine rings is 1. The number of hydrogen-bond donors (Lipinski definition) is 4. The Kier molecular flexibility index (Phi) is 11.5. The normalized spacial score (nSPS) is 41.9. The molecular weight excluding hydrogens is 597 g/mol. The van der Waals surface area contributed by atoms with Gasteiger partial charge >= 0.3 is 12.1 Å². The van der Waals surface area contributed by atoms with E-state index in [0.717, 1.165) is 18.7 Å². The highest BCUT2D eigenvalue weighted by molar-refractivity contribution is 5.75. The van der Waals surface area contributed by atoms with Crippen LogP contribution in [0.4, 0.5) is 13.2 Å². The number of likely N-dealkylation sites (tertiary alicyclic amines) is 1. The Morgan fingerprint density at radius 2 is 1.89 bits per heavy atom. The van der Waals surface area contributed by atoms with E-state index in [-0.39, 0.29) is 41.7 Å².